The van der Waals surface area contributed by atoms with Crippen molar-refractivity contribution >= 4 is 0 Å². The smallest absolute Gasteiger partial charge is 0.119 e. The van der Waals surface area contributed by atoms with Crippen LogP contribution in [0.3, 0.4) is 0 Å². The highest BCUT2D eigenvalue weighted by atomic mass is 16.5. The zero-order valence-corrected chi connectivity index (χ0v) is 12.2. The third-order valence-corrected chi connectivity index (χ3v) is 2.91. The van der Waals surface area contributed by atoms with Gasteiger partial charge in [-0.15, -0.1) is 0 Å². The molecule has 1 aromatic rings. The summed E-state index contributed by atoms with van der Waals surface area (Å²) < 4.78 is 5.62. The monoisotopic (exact) mass is 260 g/mol. The summed E-state index contributed by atoms with van der Waals surface area (Å²) in [5, 5.41) is 8.50. The van der Waals surface area contributed by atoms with Crippen LogP contribution in [0.25, 0.3) is 0 Å². The molecule has 1 rings (SSSR count). The van der Waals surface area contributed by atoms with Crippen molar-refractivity contribution in [3.63, 3.8) is 0 Å². The van der Waals surface area contributed by atoms with Gasteiger partial charge in [-0.05, 0) is 58.0 Å². The van der Waals surface area contributed by atoms with Crippen LogP contribution in [-0.4, -0.2) is 31.1 Å². The summed E-state index contributed by atoms with van der Waals surface area (Å²) in [6, 6.07) is 10.5. The molecular formula is C16H24N2O. The van der Waals surface area contributed by atoms with Gasteiger partial charge in [0.25, 0.3) is 0 Å². The van der Waals surface area contributed by atoms with Gasteiger partial charge >= 0.3 is 0 Å². The first-order valence-corrected chi connectivity index (χ1v) is 6.93. The summed E-state index contributed by atoms with van der Waals surface area (Å²) in [6.45, 7) is 6.08. The highest BCUT2D eigenvalue weighted by molar-refractivity contribution is 5.27. The van der Waals surface area contributed by atoms with Crippen LogP contribution in [0, 0.1) is 11.3 Å². The van der Waals surface area contributed by atoms with Gasteiger partial charge in [-0.3, -0.25) is 0 Å². The number of rotatable bonds is 8. The molecule has 0 aromatic heterocycles. The van der Waals surface area contributed by atoms with Gasteiger partial charge in [0.05, 0.1) is 12.2 Å². The average Bonchev–Trinajstić information content (AvgIpc) is 2.37. The Morgan fingerprint density at radius 2 is 1.89 bits per heavy atom. The fourth-order valence-corrected chi connectivity index (χ4v) is 1.87. The van der Waals surface area contributed by atoms with Crippen molar-refractivity contribution in [2.75, 3.05) is 20.1 Å². The molecule has 0 radical (unpaired) electrons. The summed E-state index contributed by atoms with van der Waals surface area (Å²) >= 11 is 0. The largest absolute Gasteiger partial charge is 0.491 e. The Morgan fingerprint density at radius 3 is 2.47 bits per heavy atom. The van der Waals surface area contributed by atoms with Crippen molar-refractivity contribution in [3.8, 4) is 11.8 Å². The summed E-state index contributed by atoms with van der Waals surface area (Å²) in [7, 11) is 2.10. The van der Waals surface area contributed by atoms with Crippen LogP contribution in [0.2, 0.25) is 0 Å². The van der Waals surface area contributed by atoms with Crippen LogP contribution in [0.5, 0.6) is 5.75 Å². The van der Waals surface area contributed by atoms with E-state index >= 15 is 0 Å². The van der Waals surface area contributed by atoms with E-state index in [1.807, 2.05) is 26.0 Å². The predicted molar refractivity (Wildman–Crippen MR) is 78.3 cm³/mol. The first-order chi connectivity index (χ1) is 9.11. The number of unbranched alkanes of at least 4 members (excludes halogenated alkanes) is 1. The van der Waals surface area contributed by atoms with Crippen LogP contribution >= 0.6 is 0 Å². The van der Waals surface area contributed by atoms with Gasteiger partial charge in [0.1, 0.15) is 5.75 Å². The zero-order valence-electron chi connectivity index (χ0n) is 12.2. The molecule has 0 bridgehead atoms. The first kappa shape index (κ1) is 15.5. The standard InChI is InChI=1S/C16H24N2O/c1-14(2)19-16-8-6-15(7-9-16)10-13-18(3)12-5-4-11-17/h6-9,14H,4-5,10,12-13H2,1-3H3. The molecule has 3 heteroatoms. The van der Waals surface area contributed by atoms with Crippen LogP contribution in [0.4, 0.5) is 0 Å². The third-order valence-electron chi connectivity index (χ3n) is 2.91. The minimum atomic E-state index is 0.220. The molecular weight excluding hydrogens is 236 g/mol. The van der Waals surface area contributed by atoms with Gasteiger partial charge in [-0.25, -0.2) is 0 Å². The molecule has 1 aromatic carbocycles. The first-order valence-electron chi connectivity index (χ1n) is 6.93. The molecule has 0 unspecified atom stereocenters. The molecule has 0 N–H and O–H groups in total. The molecule has 0 fully saturated rings. The molecule has 104 valence electrons. The van der Waals surface area contributed by atoms with Gasteiger partial charge in [0, 0.05) is 13.0 Å². The van der Waals surface area contributed by atoms with E-state index in [1.165, 1.54) is 5.56 Å². The van der Waals surface area contributed by atoms with Crippen LogP contribution in [0.1, 0.15) is 32.3 Å². The summed E-state index contributed by atoms with van der Waals surface area (Å²) in [5.41, 5.74) is 1.32. The molecule has 0 spiro atoms. The van der Waals surface area contributed by atoms with Gasteiger partial charge in [0.2, 0.25) is 0 Å². The van der Waals surface area contributed by atoms with E-state index in [0.29, 0.717) is 6.42 Å². The normalized spacial score (nSPS) is 10.7. The van der Waals surface area contributed by atoms with Gasteiger partial charge in [0.15, 0.2) is 0 Å². The molecule has 0 aliphatic rings. The van der Waals surface area contributed by atoms with E-state index in [9.17, 15) is 0 Å². The van der Waals surface area contributed by atoms with E-state index < -0.39 is 0 Å². The average molecular weight is 260 g/mol. The van der Waals surface area contributed by atoms with Gasteiger partial charge in [-0.1, -0.05) is 12.1 Å². The summed E-state index contributed by atoms with van der Waals surface area (Å²) in [5.74, 6) is 0.932. The zero-order chi connectivity index (χ0) is 14.1. The molecule has 0 amide bonds. The van der Waals surface area contributed by atoms with Crippen LogP contribution in [0.15, 0.2) is 24.3 Å². The van der Waals surface area contributed by atoms with Crippen molar-refractivity contribution in [1.29, 1.82) is 5.26 Å². The molecule has 0 atom stereocenters. The fraction of sp³-hybridized carbons (Fsp3) is 0.562. The van der Waals surface area contributed by atoms with Crippen molar-refractivity contribution in [1.82, 2.24) is 4.90 Å². The maximum Gasteiger partial charge on any atom is 0.119 e. The molecule has 0 saturated carbocycles. The lowest BCUT2D eigenvalue weighted by atomic mass is 10.1. The topological polar surface area (TPSA) is 36.3 Å². The van der Waals surface area contributed by atoms with Gasteiger partial charge in [-0.2, -0.15) is 5.26 Å². The highest BCUT2D eigenvalue weighted by Crippen LogP contribution is 2.14. The number of benzene rings is 1. The van der Waals surface area contributed by atoms with E-state index in [2.05, 4.69) is 30.1 Å². The second-order valence-corrected chi connectivity index (χ2v) is 5.13. The molecule has 3 nitrogen and oxygen atoms in total. The molecule has 19 heavy (non-hydrogen) atoms. The van der Waals surface area contributed by atoms with Crippen LogP contribution in [-0.2, 0) is 6.42 Å². The van der Waals surface area contributed by atoms with Crippen molar-refractivity contribution in [2.45, 2.75) is 39.2 Å². The van der Waals surface area contributed by atoms with E-state index in [1.54, 1.807) is 0 Å². The lowest BCUT2D eigenvalue weighted by Gasteiger charge is -2.16. The Balaban J connectivity index is 2.31. The van der Waals surface area contributed by atoms with Crippen LogP contribution < -0.4 is 4.74 Å². The molecule has 0 saturated heterocycles. The van der Waals surface area contributed by atoms with Crippen molar-refractivity contribution in [3.05, 3.63) is 29.8 Å². The summed E-state index contributed by atoms with van der Waals surface area (Å²) in [6.07, 6.45) is 2.85. The molecule has 0 aliphatic heterocycles. The number of nitrogens with zero attached hydrogens (tertiary/aromatic N) is 2. The number of hydrogen-bond acceptors (Lipinski definition) is 3. The Labute approximate surface area is 116 Å². The van der Waals surface area contributed by atoms with E-state index in [-0.39, 0.29) is 6.10 Å². The second-order valence-electron chi connectivity index (χ2n) is 5.13. The Bertz CT molecular complexity index is 392. The highest BCUT2D eigenvalue weighted by Gasteiger charge is 2.01. The van der Waals surface area contributed by atoms with E-state index in [0.717, 1.165) is 31.7 Å². The van der Waals surface area contributed by atoms with Crippen molar-refractivity contribution in [2.24, 2.45) is 0 Å². The number of nitriles is 1. The number of likely N-dealkylation sites (N-methyl/N-ethyl adjacent to an activating group) is 1. The lowest BCUT2D eigenvalue weighted by Crippen LogP contribution is -2.22. The maximum atomic E-state index is 8.50. The Morgan fingerprint density at radius 1 is 1.21 bits per heavy atom. The number of ether oxygens (including phenoxy) is 1. The van der Waals surface area contributed by atoms with Gasteiger partial charge < -0.3 is 9.64 Å². The lowest BCUT2D eigenvalue weighted by molar-refractivity contribution is 0.242. The third kappa shape index (κ3) is 6.83. The SMILES string of the molecule is CC(C)Oc1ccc(CCN(C)CCCC#N)cc1. The molecule has 0 heterocycles. The predicted octanol–water partition coefficient (Wildman–Crippen LogP) is 3.25. The second kappa shape index (κ2) is 8.55. The minimum Gasteiger partial charge on any atom is -0.491 e. The van der Waals surface area contributed by atoms with E-state index in [4.69, 9.17) is 10.00 Å². The van der Waals surface area contributed by atoms with Crippen molar-refractivity contribution < 1.29 is 4.74 Å². The fourth-order valence-electron chi connectivity index (χ4n) is 1.87. The minimum absolute atomic E-state index is 0.220. The maximum absolute atomic E-state index is 8.50. The molecule has 0 aliphatic carbocycles. The number of hydrogen-bond donors (Lipinski definition) is 0. The quantitative estimate of drug-likeness (QED) is 0.673. The Hall–Kier alpha value is -1.53. The Kier molecular flexibility index (Phi) is 6.99. The summed E-state index contributed by atoms with van der Waals surface area (Å²) in [4.78, 5) is 2.27.